The number of hydrogen-bond acceptors (Lipinski definition) is 2. The van der Waals surface area contributed by atoms with Crippen molar-refractivity contribution in [2.24, 2.45) is 34.5 Å². The molecule has 2 aliphatic carbocycles. The molecular formula is C28H46O2. The van der Waals surface area contributed by atoms with E-state index in [-0.39, 0.29) is 23.4 Å². The Bertz CT molecular complexity index is 689. The normalized spacial score (nSPS) is 26.0. The molecule has 0 aromatic carbocycles. The zero-order chi connectivity index (χ0) is 23.3. The Morgan fingerprint density at radius 3 is 1.70 bits per heavy atom. The van der Waals surface area contributed by atoms with Gasteiger partial charge in [0.05, 0.1) is 0 Å². The van der Waals surface area contributed by atoms with Crippen molar-refractivity contribution in [3.63, 3.8) is 0 Å². The second-order valence-electron chi connectivity index (χ2n) is 10.9. The first-order valence-electron chi connectivity index (χ1n) is 11.5. The molecule has 0 fully saturated rings. The number of allylic oxidation sites excluding steroid dienone is 6. The van der Waals surface area contributed by atoms with Gasteiger partial charge in [-0.05, 0) is 68.1 Å². The van der Waals surface area contributed by atoms with E-state index in [1.807, 2.05) is 6.92 Å². The minimum absolute atomic E-state index is 0.106. The maximum atomic E-state index is 10.6. The third-order valence-electron chi connectivity index (χ3n) is 7.82. The fraction of sp³-hybridized carbons (Fsp3) is 0.679. The van der Waals surface area contributed by atoms with Crippen LogP contribution in [-0.2, 0) is 4.79 Å². The van der Waals surface area contributed by atoms with E-state index in [1.165, 1.54) is 22.3 Å². The lowest BCUT2D eigenvalue weighted by Gasteiger charge is -2.32. The fourth-order valence-electron chi connectivity index (χ4n) is 4.87. The summed E-state index contributed by atoms with van der Waals surface area (Å²) in [6.07, 6.45) is 9.65. The van der Waals surface area contributed by atoms with Crippen molar-refractivity contribution < 1.29 is 9.90 Å². The van der Waals surface area contributed by atoms with E-state index in [4.69, 9.17) is 5.11 Å². The van der Waals surface area contributed by atoms with Crippen LogP contribution in [0.15, 0.2) is 47.6 Å². The molecule has 0 aromatic heterocycles. The molecule has 0 radical (unpaired) electrons. The van der Waals surface area contributed by atoms with E-state index in [0.29, 0.717) is 17.8 Å². The number of hydrogen-bond donors (Lipinski definition) is 1. The van der Waals surface area contributed by atoms with Gasteiger partial charge in [0, 0.05) is 12.5 Å². The van der Waals surface area contributed by atoms with Crippen LogP contribution in [-0.4, -0.2) is 18.0 Å². The highest BCUT2D eigenvalue weighted by atomic mass is 16.3. The van der Waals surface area contributed by atoms with Crippen LogP contribution in [0, 0.1) is 34.5 Å². The molecule has 0 saturated carbocycles. The van der Waals surface area contributed by atoms with Crippen molar-refractivity contribution in [3.8, 4) is 0 Å². The molecular weight excluding hydrogens is 368 g/mol. The van der Waals surface area contributed by atoms with Crippen LogP contribution >= 0.6 is 0 Å². The monoisotopic (exact) mass is 414 g/mol. The largest absolute Gasteiger partial charge is 0.396 e. The molecule has 0 aromatic rings. The maximum Gasteiger partial charge on any atom is 0.123 e. The molecule has 2 aliphatic rings. The van der Waals surface area contributed by atoms with Crippen LogP contribution in [0.5, 0.6) is 0 Å². The van der Waals surface area contributed by atoms with Crippen molar-refractivity contribution >= 4 is 6.29 Å². The Hall–Kier alpha value is -1.41. The number of carbonyl (C=O) groups is 1. The zero-order valence-electron chi connectivity index (χ0n) is 20.8. The van der Waals surface area contributed by atoms with Crippen LogP contribution in [0.1, 0.15) is 81.1 Å². The summed E-state index contributed by atoms with van der Waals surface area (Å²) >= 11 is 0. The zero-order valence-corrected chi connectivity index (χ0v) is 20.8. The molecule has 30 heavy (non-hydrogen) atoms. The number of carbonyl (C=O) groups excluding carboxylic acids is 1. The molecule has 0 aliphatic heterocycles. The van der Waals surface area contributed by atoms with Crippen molar-refractivity contribution in [3.05, 3.63) is 47.6 Å². The van der Waals surface area contributed by atoms with Crippen LogP contribution in [0.25, 0.3) is 0 Å². The smallest absolute Gasteiger partial charge is 0.123 e. The summed E-state index contributed by atoms with van der Waals surface area (Å²) in [5, 5.41) is 9.05. The molecule has 2 heteroatoms. The van der Waals surface area contributed by atoms with E-state index in [9.17, 15) is 4.79 Å². The highest BCUT2D eigenvalue weighted by molar-refractivity contribution is 5.53. The van der Waals surface area contributed by atoms with Gasteiger partial charge in [-0.15, -0.1) is 0 Å². The Balaban J connectivity index is 0.000000300. The first kappa shape index (κ1) is 26.6. The predicted octanol–water partition coefficient (Wildman–Crippen LogP) is 7.31. The van der Waals surface area contributed by atoms with Crippen molar-refractivity contribution in [2.75, 3.05) is 6.61 Å². The SMILES string of the molecule is C=C(CC(C)C=O)[C@H]1CC=C(C)C1(C)C.C=C(CC(C)CO)[C@H]1CC=C(C)C1(C)C. The molecule has 4 atom stereocenters. The van der Waals surface area contributed by atoms with Crippen LogP contribution in [0.2, 0.25) is 0 Å². The molecule has 1 N–H and O–H groups in total. The number of rotatable bonds is 8. The van der Waals surface area contributed by atoms with Gasteiger partial charge in [-0.3, -0.25) is 0 Å². The molecule has 0 saturated heterocycles. The van der Waals surface area contributed by atoms with Gasteiger partial charge in [-0.1, -0.05) is 89.1 Å². The lowest BCUT2D eigenvalue weighted by atomic mass is 9.73. The Morgan fingerprint density at radius 2 is 1.40 bits per heavy atom. The van der Waals surface area contributed by atoms with Crippen molar-refractivity contribution in [2.45, 2.75) is 81.1 Å². The van der Waals surface area contributed by atoms with Gasteiger partial charge < -0.3 is 9.90 Å². The van der Waals surface area contributed by atoms with Crippen molar-refractivity contribution in [1.82, 2.24) is 0 Å². The first-order chi connectivity index (χ1) is 13.8. The van der Waals surface area contributed by atoms with Gasteiger partial charge >= 0.3 is 0 Å². The molecule has 0 spiro atoms. The molecule has 0 bridgehead atoms. The van der Waals surface area contributed by atoms with E-state index in [0.717, 1.165) is 32.0 Å². The molecule has 0 amide bonds. The Kier molecular flexibility index (Phi) is 9.54. The molecule has 2 unspecified atom stereocenters. The number of aliphatic hydroxyl groups is 1. The summed E-state index contributed by atoms with van der Waals surface area (Å²) in [5.41, 5.74) is 5.94. The number of aliphatic hydroxyl groups excluding tert-OH is 1. The average molecular weight is 415 g/mol. The predicted molar refractivity (Wildman–Crippen MR) is 130 cm³/mol. The molecule has 2 nitrogen and oxygen atoms in total. The summed E-state index contributed by atoms with van der Waals surface area (Å²) in [7, 11) is 0. The van der Waals surface area contributed by atoms with E-state index < -0.39 is 0 Å². The maximum absolute atomic E-state index is 10.6. The van der Waals surface area contributed by atoms with E-state index >= 15 is 0 Å². The Morgan fingerprint density at radius 1 is 1.00 bits per heavy atom. The molecule has 0 heterocycles. The van der Waals surface area contributed by atoms with Gasteiger partial charge in [0.2, 0.25) is 0 Å². The summed E-state index contributed by atoms with van der Waals surface area (Å²) in [4.78, 5) is 10.6. The fourth-order valence-corrected chi connectivity index (χ4v) is 4.87. The highest BCUT2D eigenvalue weighted by Gasteiger charge is 2.37. The highest BCUT2D eigenvalue weighted by Crippen LogP contribution is 2.48. The molecule has 170 valence electrons. The van der Waals surface area contributed by atoms with Gasteiger partial charge in [-0.25, -0.2) is 0 Å². The van der Waals surface area contributed by atoms with Crippen LogP contribution in [0.3, 0.4) is 0 Å². The minimum Gasteiger partial charge on any atom is -0.396 e. The first-order valence-corrected chi connectivity index (χ1v) is 11.5. The van der Waals surface area contributed by atoms with E-state index in [2.05, 4.69) is 73.8 Å². The summed E-state index contributed by atoms with van der Waals surface area (Å²) < 4.78 is 0. The van der Waals surface area contributed by atoms with Gasteiger partial charge in [0.1, 0.15) is 6.29 Å². The summed E-state index contributed by atoms with van der Waals surface area (Å²) in [6.45, 7) is 26.2. The quantitative estimate of drug-likeness (QED) is 0.334. The van der Waals surface area contributed by atoms with Gasteiger partial charge in [-0.2, -0.15) is 0 Å². The Labute approximate surface area is 186 Å². The summed E-state index contributed by atoms with van der Waals surface area (Å²) in [6, 6.07) is 0. The lowest BCUT2D eigenvalue weighted by molar-refractivity contribution is -0.110. The topological polar surface area (TPSA) is 37.3 Å². The standard InChI is InChI=1S/C14H24O.C14H22O/c2*1-10(9-15)8-11(2)13-7-6-12(3)14(13,4)5/h6,10,13,15H,2,7-9H2,1,3-5H3;6,9-10,13H,2,7-8H2,1,3-5H3/t2*10?,13-/m11/s1. The van der Waals surface area contributed by atoms with Gasteiger partial charge in [0.25, 0.3) is 0 Å². The van der Waals surface area contributed by atoms with Gasteiger partial charge in [0.15, 0.2) is 0 Å². The number of aldehydes is 1. The third-order valence-corrected chi connectivity index (χ3v) is 7.82. The van der Waals surface area contributed by atoms with Crippen molar-refractivity contribution in [1.29, 1.82) is 0 Å². The van der Waals surface area contributed by atoms with Crippen LogP contribution in [0.4, 0.5) is 0 Å². The van der Waals surface area contributed by atoms with E-state index in [1.54, 1.807) is 0 Å². The minimum atomic E-state index is 0.106. The summed E-state index contributed by atoms with van der Waals surface area (Å²) in [5.74, 6) is 1.52. The lowest BCUT2D eigenvalue weighted by Crippen LogP contribution is -2.23. The second kappa shape index (κ2) is 10.8. The van der Waals surface area contributed by atoms with Crippen LogP contribution < -0.4 is 0 Å². The second-order valence-corrected chi connectivity index (χ2v) is 10.9. The average Bonchev–Trinajstić information content (AvgIpc) is 3.09. The molecule has 2 rings (SSSR count). The third kappa shape index (κ3) is 6.30.